The van der Waals surface area contributed by atoms with Gasteiger partial charge in [0.05, 0.1) is 26.2 Å². The summed E-state index contributed by atoms with van der Waals surface area (Å²) >= 11 is 2.98. The first kappa shape index (κ1) is 23.7. The summed E-state index contributed by atoms with van der Waals surface area (Å²) < 4.78 is 12.6. The molecule has 1 heterocycles. The summed E-state index contributed by atoms with van der Waals surface area (Å²) in [6, 6.07) is 13.5. The molecule has 0 spiro atoms. The van der Waals surface area contributed by atoms with Crippen molar-refractivity contribution in [1.82, 2.24) is 20.2 Å². The first-order valence-electron chi connectivity index (χ1n) is 9.84. The molecule has 0 saturated heterocycles. The van der Waals surface area contributed by atoms with Crippen LogP contribution in [0.2, 0.25) is 0 Å². The Balaban J connectivity index is 1.62. The molecule has 0 aliphatic rings. The molecule has 3 aromatic rings. The van der Waals surface area contributed by atoms with Crippen molar-refractivity contribution in [2.24, 2.45) is 5.10 Å². The summed E-state index contributed by atoms with van der Waals surface area (Å²) in [6.07, 6.45) is 3.65. The normalized spacial score (nSPS) is 11.0. The van der Waals surface area contributed by atoms with Gasteiger partial charge in [-0.15, -0.1) is 22.0 Å². The molecule has 168 valence electrons. The van der Waals surface area contributed by atoms with Crippen molar-refractivity contribution in [2.45, 2.75) is 23.5 Å². The van der Waals surface area contributed by atoms with Crippen molar-refractivity contribution in [3.05, 3.63) is 48.0 Å². The number of hydrogen-bond donors (Lipinski definition) is 1. The minimum Gasteiger partial charge on any atom is -0.493 e. The number of carbonyl (C=O) groups is 1. The maximum atomic E-state index is 12.2. The third kappa shape index (κ3) is 5.83. The smallest absolute Gasteiger partial charge is 0.250 e. The molecular formula is C22H25N5O3S2. The van der Waals surface area contributed by atoms with Crippen LogP contribution in [0.15, 0.2) is 57.6 Å². The van der Waals surface area contributed by atoms with E-state index < -0.39 is 0 Å². The van der Waals surface area contributed by atoms with Crippen LogP contribution >= 0.6 is 23.5 Å². The lowest BCUT2D eigenvalue weighted by atomic mass is 10.2. The number of benzene rings is 2. The van der Waals surface area contributed by atoms with Crippen LogP contribution in [0.5, 0.6) is 11.5 Å². The van der Waals surface area contributed by atoms with E-state index in [1.807, 2.05) is 60.2 Å². The standard InChI is InChI=1S/C22H25N5O3S2/c1-5-27-21(16-8-11-18(29-2)19(12-16)30-3)25-26-22(27)32-14-20(28)24-23-13-15-6-9-17(31-4)10-7-15/h6-13H,5,14H2,1-4H3,(H,24,28). The highest BCUT2D eigenvalue weighted by molar-refractivity contribution is 7.99. The Bertz CT molecular complexity index is 1080. The molecule has 32 heavy (non-hydrogen) atoms. The van der Waals surface area contributed by atoms with Crippen LogP contribution in [-0.2, 0) is 11.3 Å². The molecule has 0 saturated carbocycles. The molecule has 3 rings (SSSR count). The quantitative estimate of drug-likeness (QED) is 0.272. The summed E-state index contributed by atoms with van der Waals surface area (Å²) in [7, 11) is 3.19. The zero-order valence-corrected chi connectivity index (χ0v) is 20.0. The molecule has 10 heteroatoms. The number of aromatic nitrogens is 3. The lowest BCUT2D eigenvalue weighted by Gasteiger charge is -2.10. The highest BCUT2D eigenvalue weighted by Gasteiger charge is 2.16. The van der Waals surface area contributed by atoms with Gasteiger partial charge in [0, 0.05) is 17.0 Å². The number of ether oxygens (including phenoxy) is 2. The number of hydrogen-bond acceptors (Lipinski definition) is 8. The Labute approximate surface area is 195 Å². The third-order valence-electron chi connectivity index (χ3n) is 4.53. The van der Waals surface area contributed by atoms with E-state index in [0.717, 1.165) is 11.1 Å². The molecular weight excluding hydrogens is 446 g/mol. The van der Waals surface area contributed by atoms with E-state index in [2.05, 4.69) is 20.7 Å². The number of methoxy groups -OCH3 is 2. The van der Waals surface area contributed by atoms with Gasteiger partial charge in [0.1, 0.15) is 0 Å². The van der Waals surface area contributed by atoms with Gasteiger partial charge in [0.2, 0.25) is 0 Å². The fraction of sp³-hybridized carbons (Fsp3) is 0.273. The van der Waals surface area contributed by atoms with Gasteiger partial charge >= 0.3 is 0 Å². The lowest BCUT2D eigenvalue weighted by molar-refractivity contribution is -0.118. The van der Waals surface area contributed by atoms with Crippen molar-refractivity contribution < 1.29 is 14.3 Å². The first-order chi connectivity index (χ1) is 15.6. The average Bonchev–Trinajstić information content (AvgIpc) is 3.25. The Morgan fingerprint density at radius 3 is 2.53 bits per heavy atom. The molecule has 1 amide bonds. The molecule has 0 unspecified atom stereocenters. The Hall–Kier alpha value is -2.98. The number of hydrazone groups is 1. The van der Waals surface area contributed by atoms with E-state index in [1.54, 1.807) is 32.2 Å². The van der Waals surface area contributed by atoms with Gasteiger partial charge in [-0.25, -0.2) is 5.43 Å². The minimum absolute atomic E-state index is 0.173. The topological polar surface area (TPSA) is 90.6 Å². The highest BCUT2D eigenvalue weighted by atomic mass is 32.2. The van der Waals surface area contributed by atoms with Gasteiger partial charge in [-0.2, -0.15) is 5.10 Å². The van der Waals surface area contributed by atoms with Gasteiger partial charge in [0.25, 0.3) is 5.91 Å². The molecule has 2 aromatic carbocycles. The number of carbonyl (C=O) groups excluding carboxylic acids is 1. The van der Waals surface area contributed by atoms with E-state index in [-0.39, 0.29) is 11.7 Å². The molecule has 0 fully saturated rings. The van der Waals surface area contributed by atoms with Crippen LogP contribution in [0.25, 0.3) is 11.4 Å². The first-order valence-corrected chi connectivity index (χ1v) is 12.0. The van der Waals surface area contributed by atoms with Gasteiger partial charge in [-0.05, 0) is 49.1 Å². The van der Waals surface area contributed by atoms with Crippen LogP contribution < -0.4 is 14.9 Å². The molecule has 0 aliphatic carbocycles. The SMILES string of the molecule is CCn1c(SCC(=O)NN=Cc2ccc(SC)cc2)nnc1-c1ccc(OC)c(OC)c1. The fourth-order valence-corrected chi connectivity index (χ4v) is 4.10. The Morgan fingerprint density at radius 2 is 1.88 bits per heavy atom. The van der Waals surface area contributed by atoms with Gasteiger partial charge in [0.15, 0.2) is 22.5 Å². The van der Waals surface area contributed by atoms with Crippen LogP contribution in [0.4, 0.5) is 0 Å². The number of nitrogens with one attached hydrogen (secondary N) is 1. The molecule has 0 atom stereocenters. The molecule has 0 aliphatic heterocycles. The van der Waals surface area contributed by atoms with Crippen molar-refractivity contribution in [1.29, 1.82) is 0 Å². The monoisotopic (exact) mass is 471 g/mol. The zero-order chi connectivity index (χ0) is 22.9. The zero-order valence-electron chi connectivity index (χ0n) is 18.4. The molecule has 1 N–H and O–H groups in total. The molecule has 8 nitrogen and oxygen atoms in total. The van der Waals surface area contributed by atoms with E-state index in [1.165, 1.54) is 16.7 Å². The van der Waals surface area contributed by atoms with Crippen molar-refractivity contribution in [2.75, 3.05) is 26.2 Å². The van der Waals surface area contributed by atoms with Crippen LogP contribution in [-0.4, -0.2) is 53.1 Å². The van der Waals surface area contributed by atoms with Crippen molar-refractivity contribution >= 4 is 35.6 Å². The van der Waals surface area contributed by atoms with E-state index in [4.69, 9.17) is 9.47 Å². The van der Waals surface area contributed by atoms with Crippen LogP contribution in [0.1, 0.15) is 12.5 Å². The maximum absolute atomic E-state index is 12.2. The predicted molar refractivity (Wildman–Crippen MR) is 129 cm³/mol. The third-order valence-corrected chi connectivity index (χ3v) is 6.24. The molecule has 0 bridgehead atoms. The maximum Gasteiger partial charge on any atom is 0.250 e. The van der Waals surface area contributed by atoms with Crippen LogP contribution in [0, 0.1) is 0 Å². The Morgan fingerprint density at radius 1 is 1.12 bits per heavy atom. The Kier molecular flexibility index (Phi) is 8.57. The minimum atomic E-state index is -0.217. The molecule has 0 radical (unpaired) electrons. The van der Waals surface area contributed by atoms with Crippen molar-refractivity contribution in [3.63, 3.8) is 0 Å². The second-order valence-electron chi connectivity index (χ2n) is 6.48. The number of rotatable bonds is 10. The van der Waals surface area contributed by atoms with Crippen LogP contribution in [0.3, 0.4) is 0 Å². The summed E-state index contributed by atoms with van der Waals surface area (Å²) in [5, 5.41) is 13.3. The van der Waals surface area contributed by atoms with E-state index in [0.29, 0.717) is 29.0 Å². The predicted octanol–water partition coefficient (Wildman–Crippen LogP) is 3.95. The van der Waals surface area contributed by atoms with Gasteiger partial charge < -0.3 is 14.0 Å². The van der Waals surface area contributed by atoms with E-state index >= 15 is 0 Å². The fourth-order valence-electron chi connectivity index (χ4n) is 2.90. The van der Waals surface area contributed by atoms with Gasteiger partial charge in [-0.3, -0.25) is 4.79 Å². The van der Waals surface area contributed by atoms with Gasteiger partial charge in [-0.1, -0.05) is 23.9 Å². The second kappa shape index (κ2) is 11.6. The summed E-state index contributed by atoms with van der Waals surface area (Å²) in [5.74, 6) is 1.91. The largest absolute Gasteiger partial charge is 0.493 e. The second-order valence-corrected chi connectivity index (χ2v) is 8.30. The lowest BCUT2D eigenvalue weighted by Crippen LogP contribution is -2.20. The van der Waals surface area contributed by atoms with Crippen molar-refractivity contribution in [3.8, 4) is 22.9 Å². The number of amides is 1. The number of nitrogens with zero attached hydrogens (tertiary/aromatic N) is 4. The number of thioether (sulfide) groups is 2. The highest BCUT2D eigenvalue weighted by Crippen LogP contribution is 2.32. The molecule has 1 aromatic heterocycles. The summed E-state index contributed by atoms with van der Waals surface area (Å²) in [6.45, 7) is 2.66. The average molecular weight is 472 g/mol. The summed E-state index contributed by atoms with van der Waals surface area (Å²) in [5.41, 5.74) is 4.32. The van der Waals surface area contributed by atoms with E-state index in [9.17, 15) is 4.79 Å². The summed E-state index contributed by atoms with van der Waals surface area (Å²) in [4.78, 5) is 13.4.